The van der Waals surface area contributed by atoms with Crippen LogP contribution >= 0.6 is 17.2 Å². The molecule has 2 aliphatic rings. The summed E-state index contributed by atoms with van der Waals surface area (Å²) in [5.74, 6) is 0. The van der Waals surface area contributed by atoms with E-state index in [9.17, 15) is 0 Å². The van der Waals surface area contributed by atoms with Crippen molar-refractivity contribution in [2.24, 2.45) is 0 Å². The molecule has 2 aliphatic heterocycles. The fraction of sp³-hybridized carbons (Fsp3) is 1.00. The highest BCUT2D eigenvalue weighted by atomic mass is 31.2. The lowest BCUT2D eigenvalue weighted by Crippen LogP contribution is -2.54. The molecule has 2 rings (SSSR count). The molecular formula is C7H14O9P2. The molecular weight excluding hydrogens is 290 g/mol. The van der Waals surface area contributed by atoms with Crippen LogP contribution in [0.2, 0.25) is 0 Å². The van der Waals surface area contributed by atoms with Gasteiger partial charge in [-0.25, -0.2) is 0 Å². The minimum Gasteiger partial charge on any atom is -0.370 e. The van der Waals surface area contributed by atoms with Crippen LogP contribution in [0.3, 0.4) is 0 Å². The van der Waals surface area contributed by atoms with Gasteiger partial charge in [-0.1, -0.05) is 0 Å². The summed E-state index contributed by atoms with van der Waals surface area (Å²) in [5.41, 5.74) is 0. The summed E-state index contributed by atoms with van der Waals surface area (Å²) in [6, 6.07) is 0. The molecule has 0 spiro atoms. The maximum Gasteiger partial charge on any atom is 0.327 e. The number of hydrogen-bond acceptors (Lipinski definition) is 9. The molecule has 0 aromatic rings. The third-order valence-corrected chi connectivity index (χ3v) is 3.57. The van der Waals surface area contributed by atoms with E-state index in [4.69, 9.17) is 42.8 Å². The number of ether oxygens (including phenoxy) is 3. The first-order chi connectivity index (χ1) is 8.52. The van der Waals surface area contributed by atoms with Crippen molar-refractivity contribution in [1.82, 2.24) is 0 Å². The Hall–Kier alpha value is 0.500. The molecule has 0 amide bonds. The minimum absolute atomic E-state index is 0.174. The number of methoxy groups -OCH3 is 1. The quantitative estimate of drug-likeness (QED) is 0.470. The average Bonchev–Trinajstić information content (AvgIpc) is 2.55. The van der Waals surface area contributed by atoms with E-state index in [-0.39, 0.29) is 6.61 Å². The molecule has 2 bridgehead atoms. The molecule has 4 N–H and O–H groups in total. The first-order valence-corrected chi connectivity index (χ1v) is 7.35. The summed E-state index contributed by atoms with van der Waals surface area (Å²) in [6.07, 6.45) is -3.75. The molecule has 2 heterocycles. The van der Waals surface area contributed by atoms with Crippen LogP contribution in [0.4, 0.5) is 0 Å². The van der Waals surface area contributed by atoms with E-state index in [0.29, 0.717) is 0 Å². The smallest absolute Gasteiger partial charge is 0.327 e. The summed E-state index contributed by atoms with van der Waals surface area (Å²) in [4.78, 5) is 35.6. The minimum atomic E-state index is -2.62. The molecule has 18 heavy (non-hydrogen) atoms. The molecule has 0 aliphatic carbocycles. The van der Waals surface area contributed by atoms with E-state index in [1.165, 1.54) is 7.11 Å². The molecule has 0 saturated carbocycles. The monoisotopic (exact) mass is 304 g/mol. The van der Waals surface area contributed by atoms with Gasteiger partial charge in [-0.3, -0.25) is 0 Å². The zero-order valence-electron chi connectivity index (χ0n) is 9.32. The Morgan fingerprint density at radius 3 is 2.22 bits per heavy atom. The van der Waals surface area contributed by atoms with Gasteiger partial charge in [0, 0.05) is 7.11 Å². The van der Waals surface area contributed by atoms with Crippen LogP contribution < -0.4 is 0 Å². The summed E-state index contributed by atoms with van der Waals surface area (Å²) >= 11 is 0. The van der Waals surface area contributed by atoms with Crippen LogP contribution in [0, 0.1) is 0 Å². The lowest BCUT2D eigenvalue weighted by atomic mass is 10.0. The second-order valence-electron chi connectivity index (χ2n) is 3.72. The summed E-state index contributed by atoms with van der Waals surface area (Å²) in [7, 11) is -3.82. The lowest BCUT2D eigenvalue weighted by molar-refractivity contribution is -0.244. The summed E-state index contributed by atoms with van der Waals surface area (Å²) < 4.78 is 25.6. The number of hydrogen-bond donors (Lipinski definition) is 4. The van der Waals surface area contributed by atoms with Gasteiger partial charge in [-0.05, 0) is 0 Å². The van der Waals surface area contributed by atoms with E-state index in [1.54, 1.807) is 0 Å². The van der Waals surface area contributed by atoms with Gasteiger partial charge in [-0.2, -0.15) is 0 Å². The second kappa shape index (κ2) is 6.30. The third-order valence-electron chi connectivity index (χ3n) is 2.71. The Morgan fingerprint density at radius 2 is 1.67 bits per heavy atom. The van der Waals surface area contributed by atoms with Gasteiger partial charge in [0.15, 0.2) is 6.29 Å². The zero-order chi connectivity index (χ0) is 13.3. The maximum atomic E-state index is 8.91. The first kappa shape index (κ1) is 14.9. The van der Waals surface area contributed by atoms with Gasteiger partial charge in [0.1, 0.15) is 24.4 Å². The van der Waals surface area contributed by atoms with E-state index < -0.39 is 47.9 Å². The fourth-order valence-electron chi connectivity index (χ4n) is 2.06. The molecule has 106 valence electrons. The van der Waals surface area contributed by atoms with Gasteiger partial charge in [-0.15, -0.1) is 0 Å². The summed E-state index contributed by atoms with van der Waals surface area (Å²) in [6.45, 7) is 0.174. The Labute approximate surface area is 105 Å². The van der Waals surface area contributed by atoms with E-state index >= 15 is 0 Å². The Morgan fingerprint density at radius 1 is 1.06 bits per heavy atom. The zero-order valence-corrected chi connectivity index (χ0v) is 11.1. The maximum absolute atomic E-state index is 8.91. The van der Waals surface area contributed by atoms with Crippen molar-refractivity contribution >= 4 is 17.2 Å². The molecule has 4 unspecified atom stereocenters. The number of rotatable bonds is 5. The summed E-state index contributed by atoms with van der Waals surface area (Å²) in [5, 5.41) is 0. The van der Waals surface area contributed by atoms with Crippen molar-refractivity contribution in [1.29, 1.82) is 0 Å². The Kier molecular flexibility index (Phi) is 5.21. The molecule has 0 aromatic heterocycles. The van der Waals surface area contributed by atoms with Crippen molar-refractivity contribution in [3.8, 4) is 0 Å². The topological polar surface area (TPSA) is 127 Å². The normalized spacial score (nSPS) is 39.8. The SMILES string of the molecule is COC1OC2CO[C@H](C2OP(O)O)C1OP(O)O. The first-order valence-electron chi connectivity index (χ1n) is 5.02. The van der Waals surface area contributed by atoms with Crippen molar-refractivity contribution < 1.29 is 42.8 Å². The Bertz CT molecular complexity index is 278. The standard InChI is InChI=1S/C7H14O9P2/c1-12-7-6(16-18(10)11)5-4(15-17(8)9)3(14-7)2-13-5/h3-11H,2H2,1H3/t3?,4?,5-,6?,7?/m1/s1. The van der Waals surface area contributed by atoms with Crippen molar-refractivity contribution in [2.75, 3.05) is 13.7 Å². The highest BCUT2D eigenvalue weighted by Gasteiger charge is 2.54. The molecule has 5 atom stereocenters. The van der Waals surface area contributed by atoms with Crippen LogP contribution in [0.25, 0.3) is 0 Å². The lowest BCUT2D eigenvalue weighted by Gasteiger charge is -2.38. The molecule has 9 nitrogen and oxygen atoms in total. The Balaban J connectivity index is 2.10. The average molecular weight is 304 g/mol. The van der Waals surface area contributed by atoms with Crippen LogP contribution in [0.5, 0.6) is 0 Å². The van der Waals surface area contributed by atoms with Gasteiger partial charge < -0.3 is 42.8 Å². The van der Waals surface area contributed by atoms with Crippen LogP contribution in [-0.4, -0.2) is 64.0 Å². The predicted molar refractivity (Wildman–Crippen MR) is 57.9 cm³/mol. The van der Waals surface area contributed by atoms with E-state index in [0.717, 1.165) is 0 Å². The molecule has 2 saturated heterocycles. The molecule has 0 aromatic carbocycles. The van der Waals surface area contributed by atoms with Crippen molar-refractivity contribution in [3.63, 3.8) is 0 Å². The largest absolute Gasteiger partial charge is 0.370 e. The van der Waals surface area contributed by atoms with Gasteiger partial charge in [0.05, 0.1) is 6.61 Å². The molecule has 0 radical (unpaired) electrons. The highest BCUT2D eigenvalue weighted by molar-refractivity contribution is 7.39. The number of fused-ring (bicyclic) bond motifs is 2. The van der Waals surface area contributed by atoms with Crippen LogP contribution in [0.15, 0.2) is 0 Å². The molecule has 11 heteroatoms. The van der Waals surface area contributed by atoms with Crippen LogP contribution in [-0.2, 0) is 23.3 Å². The predicted octanol–water partition coefficient (Wildman–Crippen LogP) is -1.05. The second-order valence-corrected chi connectivity index (χ2v) is 5.15. The molecule has 2 fully saturated rings. The van der Waals surface area contributed by atoms with Crippen molar-refractivity contribution in [2.45, 2.75) is 30.7 Å². The van der Waals surface area contributed by atoms with Gasteiger partial charge in [0.2, 0.25) is 0 Å². The highest BCUT2D eigenvalue weighted by Crippen LogP contribution is 2.42. The van der Waals surface area contributed by atoms with Gasteiger partial charge in [0.25, 0.3) is 0 Å². The van der Waals surface area contributed by atoms with Crippen molar-refractivity contribution in [3.05, 3.63) is 0 Å². The van der Waals surface area contributed by atoms with Gasteiger partial charge >= 0.3 is 17.2 Å². The van der Waals surface area contributed by atoms with E-state index in [2.05, 4.69) is 0 Å². The van der Waals surface area contributed by atoms with E-state index in [1.807, 2.05) is 0 Å². The van der Waals surface area contributed by atoms with Crippen LogP contribution in [0.1, 0.15) is 0 Å². The fourth-order valence-corrected chi connectivity index (χ4v) is 2.97. The third kappa shape index (κ3) is 3.15.